The Kier molecular flexibility index (Phi) is 3.89. The van der Waals surface area contributed by atoms with Gasteiger partial charge in [-0.3, -0.25) is 0 Å². The third-order valence-electron chi connectivity index (χ3n) is 1.50. The van der Waals surface area contributed by atoms with Crippen LogP contribution >= 0.6 is 27.5 Å². The van der Waals surface area contributed by atoms with Crippen LogP contribution in [0.3, 0.4) is 0 Å². The minimum Gasteiger partial charge on any atom is -0.384 e. The predicted molar refractivity (Wildman–Crippen MR) is 57.9 cm³/mol. The van der Waals surface area contributed by atoms with Gasteiger partial charge in [0.25, 0.3) is 0 Å². The van der Waals surface area contributed by atoms with Gasteiger partial charge in [-0.2, -0.15) is 0 Å². The molecule has 1 aromatic carbocycles. The van der Waals surface area contributed by atoms with Crippen LogP contribution in [0.5, 0.6) is 0 Å². The second kappa shape index (κ2) is 4.73. The van der Waals surface area contributed by atoms with Crippen LogP contribution in [-0.4, -0.2) is 6.54 Å². The molecule has 0 fully saturated rings. The van der Waals surface area contributed by atoms with Gasteiger partial charge in [0, 0.05) is 11.0 Å². The Bertz CT molecular complexity index is 263. The normalized spacial score (nSPS) is 9.92. The minimum absolute atomic E-state index is 0.762. The average Bonchev–Trinajstić information content (AvgIpc) is 2.03. The topological polar surface area (TPSA) is 12.0 Å². The molecule has 1 nitrogen and oxygen atoms in total. The van der Waals surface area contributed by atoms with Gasteiger partial charge in [0.15, 0.2) is 0 Å². The SMILES string of the molecule is CCCNc1ccc(Br)cc1Cl. The standard InChI is InChI=1S/C9H11BrClN/c1-2-5-12-9-4-3-7(10)6-8(9)11/h3-4,6,12H,2,5H2,1H3. The first-order valence-corrected chi connectivity index (χ1v) is 5.10. The number of rotatable bonds is 3. The molecule has 0 bridgehead atoms. The Morgan fingerprint density at radius 3 is 2.83 bits per heavy atom. The lowest BCUT2D eigenvalue weighted by Crippen LogP contribution is -1.99. The number of hydrogen-bond acceptors (Lipinski definition) is 1. The maximum atomic E-state index is 5.97. The predicted octanol–water partition coefficient (Wildman–Crippen LogP) is 3.92. The Hall–Kier alpha value is -0.210. The van der Waals surface area contributed by atoms with Gasteiger partial charge in [-0.05, 0) is 24.6 Å². The maximum absolute atomic E-state index is 5.97. The van der Waals surface area contributed by atoms with E-state index in [-0.39, 0.29) is 0 Å². The minimum atomic E-state index is 0.762. The van der Waals surface area contributed by atoms with Crippen LogP contribution in [0.4, 0.5) is 5.69 Å². The molecule has 1 rings (SSSR count). The summed E-state index contributed by atoms with van der Waals surface area (Å²) in [4.78, 5) is 0. The summed E-state index contributed by atoms with van der Waals surface area (Å²) in [6.45, 7) is 3.08. The third-order valence-corrected chi connectivity index (χ3v) is 2.30. The van der Waals surface area contributed by atoms with E-state index in [1.54, 1.807) is 0 Å². The van der Waals surface area contributed by atoms with E-state index in [9.17, 15) is 0 Å². The summed E-state index contributed by atoms with van der Waals surface area (Å²) in [5.41, 5.74) is 1.00. The van der Waals surface area contributed by atoms with Crippen LogP contribution in [0.1, 0.15) is 13.3 Å². The molecule has 0 amide bonds. The van der Waals surface area contributed by atoms with Gasteiger partial charge in [-0.25, -0.2) is 0 Å². The highest BCUT2D eigenvalue weighted by atomic mass is 79.9. The zero-order chi connectivity index (χ0) is 8.97. The van der Waals surface area contributed by atoms with Crippen LogP contribution < -0.4 is 5.32 Å². The summed E-state index contributed by atoms with van der Waals surface area (Å²) >= 11 is 9.32. The van der Waals surface area contributed by atoms with Crippen LogP contribution in [-0.2, 0) is 0 Å². The van der Waals surface area contributed by atoms with Gasteiger partial charge in [0.2, 0.25) is 0 Å². The highest BCUT2D eigenvalue weighted by Gasteiger charge is 1.98. The first-order chi connectivity index (χ1) is 5.74. The van der Waals surface area contributed by atoms with Crippen LogP contribution in [0.15, 0.2) is 22.7 Å². The average molecular weight is 249 g/mol. The summed E-state index contributed by atoms with van der Waals surface area (Å²) in [6.07, 6.45) is 1.10. The number of benzene rings is 1. The Labute approximate surface area is 86.2 Å². The molecule has 1 aromatic rings. The summed E-state index contributed by atoms with van der Waals surface area (Å²) in [7, 11) is 0. The van der Waals surface area contributed by atoms with Crippen molar-refractivity contribution in [1.82, 2.24) is 0 Å². The first kappa shape index (κ1) is 9.87. The van der Waals surface area contributed by atoms with Crippen molar-refractivity contribution < 1.29 is 0 Å². The summed E-state index contributed by atoms with van der Waals surface area (Å²) in [5, 5.41) is 4.00. The number of hydrogen-bond donors (Lipinski definition) is 1. The molecule has 66 valence electrons. The smallest absolute Gasteiger partial charge is 0.0648 e. The second-order valence-corrected chi connectivity index (χ2v) is 3.87. The van der Waals surface area contributed by atoms with Crippen LogP contribution in [0, 0.1) is 0 Å². The molecule has 0 aromatic heterocycles. The highest BCUT2D eigenvalue weighted by molar-refractivity contribution is 9.10. The molecule has 0 heterocycles. The van der Waals surface area contributed by atoms with E-state index in [0.717, 1.165) is 28.1 Å². The molecule has 12 heavy (non-hydrogen) atoms. The van der Waals surface area contributed by atoms with Crippen molar-refractivity contribution in [1.29, 1.82) is 0 Å². The highest BCUT2D eigenvalue weighted by Crippen LogP contribution is 2.25. The fourth-order valence-electron chi connectivity index (χ4n) is 0.893. The summed E-state index contributed by atoms with van der Waals surface area (Å²) in [6, 6.07) is 5.84. The van der Waals surface area contributed by atoms with Crippen molar-refractivity contribution in [2.45, 2.75) is 13.3 Å². The van der Waals surface area contributed by atoms with Gasteiger partial charge in [0.1, 0.15) is 0 Å². The van der Waals surface area contributed by atoms with Crippen molar-refractivity contribution in [2.24, 2.45) is 0 Å². The molecule has 0 radical (unpaired) electrons. The van der Waals surface area contributed by atoms with Crippen LogP contribution in [0.25, 0.3) is 0 Å². The molecule has 1 N–H and O–H groups in total. The van der Waals surface area contributed by atoms with Gasteiger partial charge in [-0.1, -0.05) is 34.5 Å². The van der Waals surface area contributed by atoms with Gasteiger partial charge < -0.3 is 5.32 Å². The van der Waals surface area contributed by atoms with Crippen LogP contribution in [0.2, 0.25) is 5.02 Å². The van der Waals surface area contributed by atoms with Crippen molar-refractivity contribution in [3.05, 3.63) is 27.7 Å². The van der Waals surface area contributed by atoms with E-state index in [0.29, 0.717) is 0 Å². The molecule has 0 aliphatic heterocycles. The second-order valence-electron chi connectivity index (χ2n) is 2.55. The molecule has 0 aliphatic carbocycles. The van der Waals surface area contributed by atoms with Gasteiger partial charge >= 0.3 is 0 Å². The van der Waals surface area contributed by atoms with Gasteiger partial charge in [-0.15, -0.1) is 0 Å². The zero-order valence-electron chi connectivity index (χ0n) is 6.90. The molecule has 0 aliphatic rings. The Morgan fingerprint density at radius 1 is 1.50 bits per heavy atom. The van der Waals surface area contributed by atoms with Crippen molar-refractivity contribution >= 4 is 33.2 Å². The van der Waals surface area contributed by atoms with Crippen molar-refractivity contribution in [2.75, 3.05) is 11.9 Å². The van der Waals surface area contributed by atoms with E-state index in [2.05, 4.69) is 28.2 Å². The summed E-state index contributed by atoms with van der Waals surface area (Å²) < 4.78 is 1.01. The van der Waals surface area contributed by atoms with E-state index in [1.165, 1.54) is 0 Å². The van der Waals surface area contributed by atoms with E-state index < -0.39 is 0 Å². The Morgan fingerprint density at radius 2 is 2.25 bits per heavy atom. The molecule has 3 heteroatoms. The lowest BCUT2D eigenvalue weighted by Gasteiger charge is -2.06. The molecule has 0 saturated heterocycles. The van der Waals surface area contributed by atoms with E-state index >= 15 is 0 Å². The largest absolute Gasteiger partial charge is 0.384 e. The number of nitrogens with one attached hydrogen (secondary N) is 1. The van der Waals surface area contributed by atoms with Crippen molar-refractivity contribution in [3.63, 3.8) is 0 Å². The monoisotopic (exact) mass is 247 g/mol. The van der Waals surface area contributed by atoms with E-state index in [4.69, 9.17) is 11.6 Å². The van der Waals surface area contributed by atoms with E-state index in [1.807, 2.05) is 18.2 Å². The molecule has 0 unspecified atom stereocenters. The lowest BCUT2D eigenvalue weighted by molar-refractivity contribution is 0.980. The molecule has 0 atom stereocenters. The quantitative estimate of drug-likeness (QED) is 0.855. The number of anilines is 1. The first-order valence-electron chi connectivity index (χ1n) is 3.93. The summed E-state index contributed by atoms with van der Waals surface area (Å²) in [5.74, 6) is 0. The third kappa shape index (κ3) is 2.68. The van der Waals surface area contributed by atoms with Gasteiger partial charge in [0.05, 0.1) is 10.7 Å². The fourth-order valence-corrected chi connectivity index (χ4v) is 1.63. The maximum Gasteiger partial charge on any atom is 0.0648 e. The Balaban J connectivity index is 2.72. The van der Waals surface area contributed by atoms with Crippen molar-refractivity contribution in [3.8, 4) is 0 Å². The molecule has 0 saturated carbocycles. The molecular weight excluding hydrogens is 237 g/mol. The fraction of sp³-hybridized carbons (Fsp3) is 0.333. The number of halogens is 2. The zero-order valence-corrected chi connectivity index (χ0v) is 9.24. The lowest BCUT2D eigenvalue weighted by atomic mass is 10.3. The molecular formula is C9H11BrClN. The molecule has 0 spiro atoms.